The van der Waals surface area contributed by atoms with Crippen LogP contribution in [0, 0.1) is 16.7 Å². The molecule has 1 amide bonds. The lowest BCUT2D eigenvalue weighted by atomic mass is 9.83. The molecule has 2 aromatic carbocycles. The average molecular weight is 696 g/mol. The van der Waals surface area contributed by atoms with Crippen molar-refractivity contribution in [2.24, 2.45) is 5.41 Å². The van der Waals surface area contributed by atoms with E-state index in [4.69, 9.17) is 9.47 Å². The van der Waals surface area contributed by atoms with Crippen LogP contribution in [0.3, 0.4) is 0 Å². The van der Waals surface area contributed by atoms with Crippen molar-refractivity contribution in [3.63, 3.8) is 0 Å². The summed E-state index contributed by atoms with van der Waals surface area (Å²) >= 11 is 0. The molecule has 4 rings (SSSR count). The third-order valence-corrected chi connectivity index (χ3v) is 10.3. The molecule has 2 aromatic rings. The van der Waals surface area contributed by atoms with Crippen LogP contribution < -0.4 is 20.1 Å². The molecule has 1 unspecified atom stereocenters. The number of nitrogens with one attached hydrogen (secondary N) is 2. The first kappa shape index (κ1) is 39.4. The highest BCUT2D eigenvalue weighted by atomic mass is 16.5. The Morgan fingerprint density at radius 1 is 1.06 bits per heavy atom. The number of hydrogen-bond acceptors (Lipinski definition) is 8. The third kappa shape index (κ3) is 9.69. The Morgan fingerprint density at radius 3 is 2.29 bits per heavy atom. The standard InChI is InChI=1S/C42H57N5O4/c1-29(26-48)30(2)37(23-44-7)34-19-39(50-8)38(40(20-34)51-9)25-46-16-17-47(42(27-46)13-14-42)24-32-10-11-33(12-15-45-28-49)36(18-32)31(3)35(22-43)21-41(4,5)6/h10-11,18-21,23,26,28,31,44H,12-17,24-25,27H2,1-9H3,(H,45,49)/b30-29-,35-21+,37-23+. The van der Waals surface area contributed by atoms with Crippen LogP contribution in [0.15, 0.2) is 59.3 Å². The molecule has 1 aliphatic carbocycles. The largest absolute Gasteiger partial charge is 0.496 e. The lowest BCUT2D eigenvalue weighted by Crippen LogP contribution is -2.54. The summed E-state index contributed by atoms with van der Waals surface area (Å²) in [5.74, 6) is 1.47. The van der Waals surface area contributed by atoms with Gasteiger partial charge in [-0.2, -0.15) is 5.26 Å². The molecule has 9 heteroatoms. The van der Waals surface area contributed by atoms with Gasteiger partial charge in [-0.1, -0.05) is 52.0 Å². The fraction of sp³-hybridized carbons (Fsp3) is 0.500. The minimum absolute atomic E-state index is 0.0535. The summed E-state index contributed by atoms with van der Waals surface area (Å²) in [5.41, 5.74) is 8.75. The molecule has 0 radical (unpaired) electrons. The van der Waals surface area contributed by atoms with Gasteiger partial charge in [-0.3, -0.25) is 19.4 Å². The van der Waals surface area contributed by atoms with Crippen molar-refractivity contribution in [3.05, 3.63) is 87.1 Å². The van der Waals surface area contributed by atoms with Crippen molar-refractivity contribution >= 4 is 18.3 Å². The molecule has 1 saturated carbocycles. The number of aldehydes is 1. The highest BCUT2D eigenvalue weighted by molar-refractivity contribution is 5.87. The number of methoxy groups -OCH3 is 2. The maximum Gasteiger partial charge on any atom is 0.207 e. The molecule has 1 saturated heterocycles. The minimum Gasteiger partial charge on any atom is -0.496 e. The molecule has 9 nitrogen and oxygen atoms in total. The van der Waals surface area contributed by atoms with E-state index in [1.54, 1.807) is 14.2 Å². The van der Waals surface area contributed by atoms with E-state index < -0.39 is 0 Å². The predicted molar refractivity (Wildman–Crippen MR) is 204 cm³/mol. The van der Waals surface area contributed by atoms with Gasteiger partial charge in [0.15, 0.2) is 0 Å². The van der Waals surface area contributed by atoms with Crippen molar-refractivity contribution in [2.75, 3.05) is 47.4 Å². The summed E-state index contributed by atoms with van der Waals surface area (Å²) in [6.07, 6.45) is 8.63. The van der Waals surface area contributed by atoms with Gasteiger partial charge in [-0.05, 0) is 84.1 Å². The van der Waals surface area contributed by atoms with Crippen LogP contribution in [0.25, 0.3) is 5.57 Å². The van der Waals surface area contributed by atoms with Crippen LogP contribution in [-0.2, 0) is 29.1 Å². The van der Waals surface area contributed by atoms with Gasteiger partial charge >= 0.3 is 0 Å². The van der Waals surface area contributed by atoms with E-state index in [0.29, 0.717) is 25.1 Å². The first-order valence-corrected chi connectivity index (χ1v) is 18.0. The Labute approximate surface area is 305 Å². The molecule has 2 N–H and O–H groups in total. The average Bonchev–Trinajstić information content (AvgIpc) is 3.89. The zero-order chi connectivity index (χ0) is 37.3. The number of rotatable bonds is 16. The van der Waals surface area contributed by atoms with E-state index >= 15 is 0 Å². The van der Waals surface area contributed by atoms with Gasteiger partial charge in [0.1, 0.15) is 17.8 Å². The number of nitrogens with zero attached hydrogens (tertiary/aromatic N) is 3. The summed E-state index contributed by atoms with van der Waals surface area (Å²) in [6, 6.07) is 13.3. The van der Waals surface area contributed by atoms with Crippen LogP contribution in [0.1, 0.15) is 88.1 Å². The van der Waals surface area contributed by atoms with Gasteiger partial charge in [0.25, 0.3) is 0 Å². The van der Waals surface area contributed by atoms with Crippen molar-refractivity contribution in [3.8, 4) is 17.6 Å². The van der Waals surface area contributed by atoms with Crippen LogP contribution in [0.5, 0.6) is 11.5 Å². The maximum absolute atomic E-state index is 11.6. The summed E-state index contributed by atoms with van der Waals surface area (Å²) in [5, 5.41) is 16.0. The predicted octanol–water partition coefficient (Wildman–Crippen LogP) is 6.54. The number of carbonyl (C=O) groups excluding carboxylic acids is 2. The number of piperazine rings is 1. The normalized spacial score (nSPS) is 17.6. The van der Waals surface area contributed by atoms with Gasteiger partial charge < -0.3 is 20.1 Å². The van der Waals surface area contributed by atoms with Gasteiger partial charge in [0, 0.05) is 75.1 Å². The first-order chi connectivity index (χ1) is 24.3. The van der Waals surface area contributed by atoms with Crippen LogP contribution >= 0.6 is 0 Å². The summed E-state index contributed by atoms with van der Waals surface area (Å²) < 4.78 is 11.9. The maximum atomic E-state index is 11.6. The number of amides is 1. The second-order valence-corrected chi connectivity index (χ2v) is 15.1. The van der Waals surface area contributed by atoms with Crippen LogP contribution in [-0.4, -0.2) is 75.5 Å². The lowest BCUT2D eigenvalue weighted by Gasteiger charge is -2.42. The zero-order valence-corrected chi connectivity index (χ0v) is 32.1. The van der Waals surface area contributed by atoms with Crippen molar-refractivity contribution in [2.45, 2.75) is 85.4 Å². The van der Waals surface area contributed by atoms with E-state index in [1.807, 2.05) is 39.2 Å². The fourth-order valence-corrected chi connectivity index (χ4v) is 7.21. The van der Waals surface area contributed by atoms with Crippen molar-refractivity contribution < 1.29 is 19.1 Å². The van der Waals surface area contributed by atoms with E-state index in [-0.39, 0.29) is 16.9 Å². The molecule has 2 fully saturated rings. The molecule has 0 aromatic heterocycles. The molecule has 1 heterocycles. The number of nitriles is 1. The van der Waals surface area contributed by atoms with Gasteiger partial charge in [0.05, 0.1) is 25.9 Å². The van der Waals surface area contributed by atoms with Gasteiger partial charge in [-0.25, -0.2) is 0 Å². The summed E-state index contributed by atoms with van der Waals surface area (Å²) in [7, 11) is 5.24. The molecule has 2 aliphatic rings. The Hall–Kier alpha value is -4.39. The minimum atomic E-state index is -0.108. The molecule has 1 atom stereocenters. The molecular formula is C42H57N5O4. The van der Waals surface area contributed by atoms with E-state index in [1.165, 1.54) is 5.56 Å². The smallest absolute Gasteiger partial charge is 0.207 e. The first-order valence-electron chi connectivity index (χ1n) is 18.0. The Balaban J connectivity index is 1.57. The molecule has 0 bridgehead atoms. The second kappa shape index (κ2) is 17.2. The molecule has 51 heavy (non-hydrogen) atoms. The quantitative estimate of drug-likeness (QED) is 0.0671. The van der Waals surface area contributed by atoms with Crippen LogP contribution in [0.2, 0.25) is 0 Å². The second-order valence-electron chi connectivity index (χ2n) is 15.1. The zero-order valence-electron chi connectivity index (χ0n) is 32.1. The van der Waals surface area contributed by atoms with E-state index in [9.17, 15) is 14.9 Å². The van der Waals surface area contributed by atoms with Gasteiger partial charge in [-0.15, -0.1) is 0 Å². The summed E-state index contributed by atoms with van der Waals surface area (Å²) in [4.78, 5) is 27.7. The Bertz CT molecular complexity index is 1680. The van der Waals surface area contributed by atoms with Gasteiger partial charge in [0.2, 0.25) is 6.41 Å². The Morgan fingerprint density at radius 2 is 1.75 bits per heavy atom. The molecular weight excluding hydrogens is 638 g/mol. The fourth-order valence-electron chi connectivity index (χ4n) is 7.21. The number of hydrogen-bond donors (Lipinski definition) is 2. The Kier molecular flexibility index (Phi) is 13.3. The third-order valence-electron chi connectivity index (χ3n) is 10.3. The van der Waals surface area contributed by atoms with Crippen molar-refractivity contribution in [1.82, 2.24) is 20.4 Å². The van der Waals surface area contributed by atoms with E-state index in [0.717, 1.165) is 102 Å². The lowest BCUT2D eigenvalue weighted by molar-refractivity contribution is -0.109. The van der Waals surface area contributed by atoms with Crippen molar-refractivity contribution in [1.29, 1.82) is 5.26 Å². The topological polar surface area (TPSA) is 107 Å². The molecule has 1 spiro atoms. The monoisotopic (exact) mass is 695 g/mol. The molecule has 1 aliphatic heterocycles. The number of allylic oxidation sites excluding steroid dienone is 5. The number of carbonyl (C=O) groups is 2. The number of benzene rings is 2. The highest BCUT2D eigenvalue weighted by Crippen LogP contribution is 2.46. The number of ether oxygens (including phenoxy) is 2. The summed E-state index contributed by atoms with van der Waals surface area (Å²) in [6.45, 7) is 17.2. The SMILES string of the molecule is CN/C=C(\C(C)=C(\C)C=O)c1cc(OC)c(CN2CCN(Cc3ccc(CCNC=O)c(C(C)/C(C#N)=C/C(C)(C)C)c3)C3(CC3)C2)c(OC)c1. The molecule has 274 valence electrons. The van der Waals surface area contributed by atoms with Crippen LogP contribution in [0.4, 0.5) is 0 Å². The van der Waals surface area contributed by atoms with E-state index in [2.05, 4.69) is 78.5 Å². The highest BCUT2D eigenvalue weighted by Gasteiger charge is 2.51.